The predicted octanol–water partition coefficient (Wildman–Crippen LogP) is 3.01. The topological polar surface area (TPSA) is 75.3 Å². The van der Waals surface area contributed by atoms with Gasteiger partial charge in [-0.15, -0.1) is 0 Å². The summed E-state index contributed by atoms with van der Waals surface area (Å²) in [5.41, 5.74) is 9.69. The van der Waals surface area contributed by atoms with E-state index in [9.17, 15) is 9.90 Å². The minimum atomic E-state index is -0.803. The molecule has 0 saturated heterocycles. The summed E-state index contributed by atoms with van der Waals surface area (Å²) in [4.78, 5) is 11.3. The van der Waals surface area contributed by atoms with Gasteiger partial charge in [-0.05, 0) is 70.7 Å². The van der Waals surface area contributed by atoms with Crippen molar-refractivity contribution in [2.24, 2.45) is 5.73 Å². The van der Waals surface area contributed by atoms with Crippen LogP contribution < -0.4 is 11.1 Å². The van der Waals surface area contributed by atoms with Crippen molar-refractivity contribution < 1.29 is 9.90 Å². The van der Waals surface area contributed by atoms with Gasteiger partial charge in [-0.2, -0.15) is 0 Å². The van der Waals surface area contributed by atoms with Crippen LogP contribution in [0.5, 0.6) is 0 Å². The fraction of sp³-hybridized carbons (Fsp3) is 0.500. The summed E-state index contributed by atoms with van der Waals surface area (Å²) < 4.78 is 0. The highest BCUT2D eigenvalue weighted by Gasteiger charge is 2.36. The van der Waals surface area contributed by atoms with Gasteiger partial charge in [0.1, 0.15) is 0 Å². The SMILES string of the molecule is CC(C)=C(C)CC[C@](C)(O)[C@H]1Cc2cc(C(N)=O)ccc2N1. The number of nitrogens with two attached hydrogens (primary N) is 1. The average molecular weight is 302 g/mol. The highest BCUT2D eigenvalue weighted by atomic mass is 16.3. The fourth-order valence-electron chi connectivity index (χ4n) is 2.76. The lowest BCUT2D eigenvalue weighted by molar-refractivity contribution is 0.0332. The number of fused-ring (bicyclic) bond motifs is 1. The van der Waals surface area contributed by atoms with Gasteiger partial charge in [0, 0.05) is 11.3 Å². The van der Waals surface area contributed by atoms with E-state index in [1.807, 2.05) is 19.1 Å². The van der Waals surface area contributed by atoms with E-state index in [1.54, 1.807) is 6.07 Å². The van der Waals surface area contributed by atoms with Gasteiger partial charge in [0.25, 0.3) is 0 Å². The number of anilines is 1. The van der Waals surface area contributed by atoms with Crippen molar-refractivity contribution >= 4 is 11.6 Å². The molecule has 0 bridgehead atoms. The Hall–Kier alpha value is -1.81. The second kappa shape index (κ2) is 6.13. The molecule has 4 N–H and O–H groups in total. The summed E-state index contributed by atoms with van der Waals surface area (Å²) >= 11 is 0. The number of primary amides is 1. The Balaban J connectivity index is 2.08. The maximum absolute atomic E-state index is 11.3. The van der Waals surface area contributed by atoms with Gasteiger partial charge < -0.3 is 16.2 Å². The first-order valence-electron chi connectivity index (χ1n) is 7.75. The second-order valence-corrected chi connectivity index (χ2v) is 6.77. The largest absolute Gasteiger partial charge is 0.388 e. The molecule has 0 fully saturated rings. The molecule has 1 aliphatic rings. The molecule has 1 aliphatic heterocycles. The number of nitrogens with one attached hydrogen (secondary N) is 1. The molecule has 0 radical (unpaired) electrons. The third-order valence-electron chi connectivity index (χ3n) is 4.75. The lowest BCUT2D eigenvalue weighted by Crippen LogP contribution is -2.43. The second-order valence-electron chi connectivity index (χ2n) is 6.77. The van der Waals surface area contributed by atoms with Crippen molar-refractivity contribution in [3.8, 4) is 0 Å². The monoisotopic (exact) mass is 302 g/mol. The molecule has 1 aromatic rings. The average Bonchev–Trinajstić information content (AvgIpc) is 2.88. The lowest BCUT2D eigenvalue weighted by Gasteiger charge is -2.31. The Morgan fingerprint density at radius 2 is 2.09 bits per heavy atom. The van der Waals surface area contributed by atoms with Gasteiger partial charge >= 0.3 is 0 Å². The number of hydrogen-bond donors (Lipinski definition) is 3. The van der Waals surface area contributed by atoms with Crippen molar-refractivity contribution in [2.45, 2.75) is 58.6 Å². The molecule has 2 rings (SSSR count). The normalized spacial score (nSPS) is 19.0. The van der Waals surface area contributed by atoms with E-state index in [0.29, 0.717) is 18.4 Å². The third-order valence-corrected chi connectivity index (χ3v) is 4.75. The van der Waals surface area contributed by atoms with E-state index in [1.165, 1.54) is 11.1 Å². The summed E-state index contributed by atoms with van der Waals surface area (Å²) in [7, 11) is 0. The molecule has 0 unspecified atom stereocenters. The minimum Gasteiger partial charge on any atom is -0.388 e. The van der Waals surface area contributed by atoms with Gasteiger partial charge in [-0.3, -0.25) is 4.79 Å². The number of carbonyl (C=O) groups excluding carboxylic acids is 1. The van der Waals surface area contributed by atoms with Crippen molar-refractivity contribution in [3.05, 3.63) is 40.5 Å². The number of hydrogen-bond acceptors (Lipinski definition) is 3. The van der Waals surface area contributed by atoms with Crippen LogP contribution in [-0.4, -0.2) is 22.7 Å². The van der Waals surface area contributed by atoms with Crippen LogP contribution in [0.25, 0.3) is 0 Å². The minimum absolute atomic E-state index is 0.0458. The molecule has 22 heavy (non-hydrogen) atoms. The van der Waals surface area contributed by atoms with E-state index in [2.05, 4.69) is 26.1 Å². The Labute approximate surface area is 132 Å². The van der Waals surface area contributed by atoms with Crippen LogP contribution in [-0.2, 0) is 6.42 Å². The summed E-state index contributed by atoms with van der Waals surface area (Å²) in [6.45, 7) is 8.18. The molecule has 1 aromatic carbocycles. The van der Waals surface area contributed by atoms with Crippen LogP contribution in [0.4, 0.5) is 5.69 Å². The van der Waals surface area contributed by atoms with Crippen LogP contribution in [0.15, 0.2) is 29.3 Å². The summed E-state index contributed by atoms with van der Waals surface area (Å²) in [6.07, 6.45) is 2.30. The smallest absolute Gasteiger partial charge is 0.248 e. The van der Waals surface area contributed by atoms with E-state index in [-0.39, 0.29) is 6.04 Å². The lowest BCUT2D eigenvalue weighted by atomic mass is 9.87. The molecule has 0 spiro atoms. The van der Waals surface area contributed by atoms with Crippen molar-refractivity contribution in [2.75, 3.05) is 5.32 Å². The molecular formula is C18H26N2O2. The van der Waals surface area contributed by atoms with Gasteiger partial charge in [0.15, 0.2) is 0 Å². The molecule has 2 atom stereocenters. The summed E-state index contributed by atoms with van der Waals surface area (Å²) in [6, 6.07) is 5.36. The molecule has 4 nitrogen and oxygen atoms in total. The van der Waals surface area contributed by atoms with Crippen LogP contribution in [0.3, 0.4) is 0 Å². The number of allylic oxidation sites excluding steroid dienone is 2. The van der Waals surface area contributed by atoms with Crippen molar-refractivity contribution in [3.63, 3.8) is 0 Å². The van der Waals surface area contributed by atoms with E-state index in [0.717, 1.165) is 17.7 Å². The van der Waals surface area contributed by atoms with Crippen molar-refractivity contribution in [1.29, 1.82) is 0 Å². The van der Waals surface area contributed by atoms with E-state index >= 15 is 0 Å². The zero-order chi connectivity index (χ0) is 16.5. The number of amides is 1. The first-order valence-corrected chi connectivity index (χ1v) is 7.75. The Kier molecular flexibility index (Phi) is 4.61. The quantitative estimate of drug-likeness (QED) is 0.732. The zero-order valence-corrected chi connectivity index (χ0v) is 13.9. The first kappa shape index (κ1) is 16.6. The summed E-state index contributed by atoms with van der Waals surface area (Å²) in [5, 5.41) is 14.2. The molecule has 0 aromatic heterocycles. The van der Waals surface area contributed by atoms with E-state index in [4.69, 9.17) is 5.73 Å². The maximum Gasteiger partial charge on any atom is 0.248 e. The van der Waals surface area contributed by atoms with Gasteiger partial charge in [0.05, 0.1) is 11.6 Å². The zero-order valence-electron chi connectivity index (χ0n) is 13.9. The Morgan fingerprint density at radius 3 is 2.68 bits per heavy atom. The molecule has 1 heterocycles. The Morgan fingerprint density at radius 1 is 1.41 bits per heavy atom. The summed E-state index contributed by atoms with van der Waals surface area (Å²) in [5.74, 6) is -0.419. The number of aliphatic hydroxyl groups is 1. The molecular weight excluding hydrogens is 276 g/mol. The van der Waals surface area contributed by atoms with Crippen molar-refractivity contribution in [1.82, 2.24) is 0 Å². The number of benzene rings is 1. The number of carbonyl (C=O) groups is 1. The first-order chi connectivity index (χ1) is 10.2. The number of rotatable bonds is 5. The highest BCUT2D eigenvalue weighted by molar-refractivity contribution is 5.93. The molecule has 0 saturated carbocycles. The molecule has 1 amide bonds. The molecule has 4 heteroatoms. The maximum atomic E-state index is 11.3. The molecule has 120 valence electrons. The van der Waals surface area contributed by atoms with Gasteiger partial charge in [-0.25, -0.2) is 0 Å². The Bertz CT molecular complexity index is 614. The highest BCUT2D eigenvalue weighted by Crippen LogP contribution is 2.34. The van der Waals surface area contributed by atoms with E-state index < -0.39 is 11.5 Å². The fourth-order valence-corrected chi connectivity index (χ4v) is 2.76. The van der Waals surface area contributed by atoms with Gasteiger partial charge in [0.2, 0.25) is 5.91 Å². The van der Waals surface area contributed by atoms with Crippen LogP contribution in [0.2, 0.25) is 0 Å². The third kappa shape index (κ3) is 3.50. The predicted molar refractivity (Wildman–Crippen MR) is 90.0 cm³/mol. The van der Waals surface area contributed by atoms with Crippen LogP contribution in [0, 0.1) is 0 Å². The van der Waals surface area contributed by atoms with Crippen LogP contribution in [0.1, 0.15) is 56.5 Å². The van der Waals surface area contributed by atoms with Crippen LogP contribution >= 0.6 is 0 Å². The van der Waals surface area contributed by atoms with Gasteiger partial charge in [-0.1, -0.05) is 11.1 Å². The molecule has 0 aliphatic carbocycles. The standard InChI is InChI=1S/C18H26N2O2/c1-11(2)12(3)7-8-18(4,22)16-10-14-9-13(17(19)21)5-6-15(14)20-16/h5-6,9,16,20,22H,7-8,10H2,1-4H3,(H2,19,21)/t16-,18+/m1/s1.